The van der Waals surface area contributed by atoms with Crippen molar-refractivity contribution in [3.63, 3.8) is 0 Å². The van der Waals surface area contributed by atoms with E-state index in [1.54, 1.807) is 35.4 Å². The van der Waals surface area contributed by atoms with Crippen LogP contribution in [0.3, 0.4) is 0 Å². The van der Waals surface area contributed by atoms with Gasteiger partial charge in [0.05, 0.1) is 24.5 Å². The van der Waals surface area contributed by atoms with Gasteiger partial charge in [-0.1, -0.05) is 25.8 Å². The molecule has 2 aliphatic heterocycles. The maximum Gasteiger partial charge on any atom is 0.319 e. The largest absolute Gasteiger partial charge is 0.439 e. The van der Waals surface area contributed by atoms with Crippen molar-refractivity contribution in [1.82, 2.24) is 20.1 Å². The summed E-state index contributed by atoms with van der Waals surface area (Å²) in [4.78, 5) is 45.5. The number of benzene rings is 2. The highest BCUT2D eigenvalue weighted by atomic mass is 19.1. The molecule has 1 aromatic heterocycles. The van der Waals surface area contributed by atoms with Gasteiger partial charge in [-0.05, 0) is 55.2 Å². The molecule has 0 spiro atoms. The molecule has 2 unspecified atom stereocenters. The van der Waals surface area contributed by atoms with Crippen LogP contribution in [0.2, 0.25) is 0 Å². The van der Waals surface area contributed by atoms with E-state index in [4.69, 9.17) is 15.2 Å². The molecule has 2 atom stereocenters. The van der Waals surface area contributed by atoms with Crippen molar-refractivity contribution in [2.24, 2.45) is 5.73 Å². The Kier molecular flexibility index (Phi) is 11.3. The number of urea groups is 1. The predicted octanol–water partition coefficient (Wildman–Crippen LogP) is 5.07. The molecule has 2 aliphatic rings. The van der Waals surface area contributed by atoms with Crippen LogP contribution in [0.15, 0.2) is 54.7 Å². The van der Waals surface area contributed by atoms with E-state index in [0.29, 0.717) is 68.9 Å². The van der Waals surface area contributed by atoms with Gasteiger partial charge in [0, 0.05) is 62.2 Å². The van der Waals surface area contributed by atoms with Gasteiger partial charge in [-0.2, -0.15) is 0 Å². The van der Waals surface area contributed by atoms with Gasteiger partial charge in [0.25, 0.3) is 11.8 Å². The lowest BCUT2D eigenvalue weighted by Gasteiger charge is -2.40. The van der Waals surface area contributed by atoms with Crippen molar-refractivity contribution < 1.29 is 32.6 Å². The minimum absolute atomic E-state index is 0.0248. The maximum atomic E-state index is 14.3. The zero-order chi connectivity index (χ0) is 33.3. The SMILES string of the molecule is CCCCC1CC(NC(=O)Nc2cc(C(N)=O)c(F)cc2F)CCN1Cc1ccc(Oc2ccc(C(=O)N3CCOCC3)cc2)nc1. The zero-order valence-corrected chi connectivity index (χ0v) is 26.3. The van der Waals surface area contributed by atoms with Crippen molar-refractivity contribution in [2.45, 2.75) is 57.7 Å². The first kappa shape index (κ1) is 33.7. The van der Waals surface area contributed by atoms with Crippen LogP contribution >= 0.6 is 0 Å². The molecule has 4 N–H and O–H groups in total. The number of nitrogens with two attached hydrogens (primary N) is 1. The lowest BCUT2D eigenvalue weighted by Crippen LogP contribution is -2.50. The number of unbranched alkanes of at least 4 members (excludes halogenated alkanes) is 1. The maximum absolute atomic E-state index is 14.3. The molecule has 4 amide bonds. The molecule has 3 aromatic rings. The van der Waals surface area contributed by atoms with Crippen LogP contribution < -0.4 is 21.1 Å². The van der Waals surface area contributed by atoms with Gasteiger partial charge < -0.3 is 30.7 Å². The molecule has 2 fully saturated rings. The molecule has 250 valence electrons. The molecule has 2 saturated heterocycles. The number of nitrogens with zero attached hydrogens (tertiary/aromatic N) is 3. The highest BCUT2D eigenvalue weighted by Gasteiger charge is 2.29. The second-order valence-corrected chi connectivity index (χ2v) is 11.8. The number of morpholine rings is 1. The Hall–Kier alpha value is -4.62. The molecule has 2 aromatic carbocycles. The van der Waals surface area contributed by atoms with E-state index in [2.05, 4.69) is 27.4 Å². The number of amides is 4. The Morgan fingerprint density at radius 1 is 1.04 bits per heavy atom. The summed E-state index contributed by atoms with van der Waals surface area (Å²) in [6.45, 7) is 5.80. The standard InChI is InChI=1S/C34H40F2N6O5/c1-2-3-4-25-17-24(39-34(45)40-30-18-27(32(37)43)28(35)19-29(30)36)11-12-42(25)21-22-5-10-31(38-20-22)47-26-8-6-23(7-9-26)33(44)41-13-15-46-16-14-41/h5-10,18-20,24-25H,2-4,11-17,21H2,1H3,(H2,37,43)(H2,39,40,45). The van der Waals surface area contributed by atoms with Crippen molar-refractivity contribution >= 4 is 23.5 Å². The number of anilines is 1. The highest BCUT2D eigenvalue weighted by Crippen LogP contribution is 2.26. The minimum Gasteiger partial charge on any atom is -0.439 e. The van der Waals surface area contributed by atoms with Gasteiger partial charge in [0.2, 0.25) is 5.88 Å². The summed E-state index contributed by atoms with van der Waals surface area (Å²) in [5.41, 5.74) is 5.94. The highest BCUT2D eigenvalue weighted by molar-refractivity contribution is 5.96. The zero-order valence-electron chi connectivity index (χ0n) is 26.3. The van der Waals surface area contributed by atoms with Gasteiger partial charge in [-0.25, -0.2) is 18.6 Å². The van der Waals surface area contributed by atoms with Crippen molar-refractivity contribution in [1.29, 1.82) is 0 Å². The number of likely N-dealkylation sites (tertiary alicyclic amines) is 1. The molecule has 47 heavy (non-hydrogen) atoms. The number of carbonyl (C=O) groups is 3. The number of carbonyl (C=O) groups excluding carboxylic acids is 3. The monoisotopic (exact) mass is 650 g/mol. The van der Waals surface area contributed by atoms with Crippen LogP contribution in [0.1, 0.15) is 65.3 Å². The number of ether oxygens (including phenoxy) is 2. The summed E-state index contributed by atoms with van der Waals surface area (Å²) in [7, 11) is 0. The summed E-state index contributed by atoms with van der Waals surface area (Å²) in [5, 5.41) is 5.28. The summed E-state index contributed by atoms with van der Waals surface area (Å²) >= 11 is 0. The van der Waals surface area contributed by atoms with Gasteiger partial charge in [0.1, 0.15) is 17.4 Å². The lowest BCUT2D eigenvalue weighted by molar-refractivity contribution is 0.0303. The molecule has 13 heteroatoms. The molecule has 0 radical (unpaired) electrons. The number of rotatable bonds is 11. The van der Waals surface area contributed by atoms with E-state index in [1.807, 2.05) is 12.1 Å². The average Bonchev–Trinajstić information content (AvgIpc) is 3.07. The van der Waals surface area contributed by atoms with Crippen LogP contribution in [0, 0.1) is 11.6 Å². The van der Waals surface area contributed by atoms with Crippen LogP contribution in [0.25, 0.3) is 0 Å². The fourth-order valence-electron chi connectivity index (χ4n) is 5.89. The van der Waals surface area contributed by atoms with Crippen molar-refractivity contribution in [3.05, 3.63) is 83.1 Å². The number of hydrogen-bond donors (Lipinski definition) is 3. The Morgan fingerprint density at radius 2 is 1.81 bits per heavy atom. The van der Waals surface area contributed by atoms with Gasteiger partial charge in [0.15, 0.2) is 0 Å². The number of pyridine rings is 1. The molecular formula is C34H40F2N6O5. The van der Waals surface area contributed by atoms with Gasteiger partial charge in [-0.15, -0.1) is 0 Å². The molecule has 0 saturated carbocycles. The summed E-state index contributed by atoms with van der Waals surface area (Å²) in [5.74, 6) is -2.15. The predicted molar refractivity (Wildman–Crippen MR) is 171 cm³/mol. The summed E-state index contributed by atoms with van der Waals surface area (Å²) < 4.78 is 39.3. The quantitative estimate of drug-likeness (QED) is 0.264. The summed E-state index contributed by atoms with van der Waals surface area (Å²) in [6, 6.07) is 11.6. The molecule has 3 heterocycles. The smallest absolute Gasteiger partial charge is 0.319 e. The third-order valence-electron chi connectivity index (χ3n) is 8.44. The normalized spacial score (nSPS) is 18.4. The minimum atomic E-state index is -1.09. The Labute approximate surface area is 272 Å². The van der Waals surface area contributed by atoms with Crippen LogP contribution in [0.4, 0.5) is 19.3 Å². The van der Waals surface area contributed by atoms with E-state index < -0.39 is 29.1 Å². The molecular weight excluding hydrogens is 610 g/mol. The number of hydrogen-bond acceptors (Lipinski definition) is 7. The van der Waals surface area contributed by atoms with E-state index in [9.17, 15) is 23.2 Å². The van der Waals surface area contributed by atoms with E-state index in [1.165, 1.54) is 0 Å². The third-order valence-corrected chi connectivity index (χ3v) is 8.44. The Morgan fingerprint density at radius 3 is 2.49 bits per heavy atom. The first-order valence-electron chi connectivity index (χ1n) is 15.9. The number of primary amides is 1. The second kappa shape index (κ2) is 15.8. The number of aromatic nitrogens is 1. The van der Waals surface area contributed by atoms with E-state index >= 15 is 0 Å². The Balaban J connectivity index is 1.14. The first-order chi connectivity index (χ1) is 22.7. The van der Waals surface area contributed by atoms with Crippen molar-refractivity contribution in [2.75, 3.05) is 38.2 Å². The lowest BCUT2D eigenvalue weighted by atomic mass is 9.93. The van der Waals surface area contributed by atoms with Crippen LogP contribution in [-0.4, -0.2) is 77.6 Å². The second-order valence-electron chi connectivity index (χ2n) is 11.8. The third kappa shape index (κ3) is 9.01. The topological polar surface area (TPSA) is 139 Å². The van der Waals surface area contributed by atoms with Gasteiger partial charge in [-0.3, -0.25) is 14.5 Å². The number of piperidine rings is 1. The molecule has 5 rings (SSSR count). The molecule has 0 aliphatic carbocycles. The number of halogens is 2. The fraction of sp³-hybridized carbons (Fsp3) is 0.412. The van der Waals surface area contributed by atoms with E-state index in [-0.39, 0.29) is 23.7 Å². The van der Waals surface area contributed by atoms with Gasteiger partial charge >= 0.3 is 6.03 Å². The Bertz CT molecular complexity index is 1550. The average molecular weight is 651 g/mol. The van der Waals surface area contributed by atoms with E-state index in [0.717, 1.165) is 37.4 Å². The molecule has 0 bridgehead atoms. The van der Waals surface area contributed by atoms with Crippen molar-refractivity contribution in [3.8, 4) is 11.6 Å². The van der Waals surface area contributed by atoms with Crippen LogP contribution in [0.5, 0.6) is 11.6 Å². The summed E-state index contributed by atoms with van der Waals surface area (Å²) in [6.07, 6.45) is 6.17. The first-order valence-corrected chi connectivity index (χ1v) is 15.9. The van der Waals surface area contributed by atoms with Crippen LogP contribution in [-0.2, 0) is 11.3 Å². The number of nitrogens with one attached hydrogen (secondary N) is 2. The fourth-order valence-corrected chi connectivity index (χ4v) is 5.89. The molecule has 11 nitrogen and oxygen atoms in total.